The summed E-state index contributed by atoms with van der Waals surface area (Å²) in [6, 6.07) is 13.0. The number of ether oxygens (including phenoxy) is 1. The highest BCUT2D eigenvalue weighted by Gasteiger charge is 2.06. The second kappa shape index (κ2) is 6.13. The Kier molecular flexibility index (Phi) is 4.49. The molecule has 20 heavy (non-hydrogen) atoms. The molecule has 1 heteroatoms. The van der Waals surface area contributed by atoms with E-state index in [0.717, 1.165) is 5.75 Å². The number of aryl methyl sites for hydroxylation is 3. The average Bonchev–Trinajstić information content (AvgIpc) is 2.41. The van der Waals surface area contributed by atoms with Crippen molar-refractivity contribution in [3.8, 4) is 5.75 Å². The highest BCUT2D eigenvalue weighted by atomic mass is 16.5. The smallest absolute Gasteiger partial charge is 0.123 e. The third-order valence-corrected chi connectivity index (χ3v) is 3.77. The molecule has 0 bridgehead atoms. The van der Waals surface area contributed by atoms with Crippen LogP contribution >= 0.6 is 0 Å². The van der Waals surface area contributed by atoms with Gasteiger partial charge >= 0.3 is 0 Å². The fraction of sp³-hybridized carbons (Fsp3) is 0.368. The molecular formula is C19H24O. The lowest BCUT2D eigenvalue weighted by atomic mass is 10.0. The zero-order valence-electron chi connectivity index (χ0n) is 13.2. The lowest BCUT2D eigenvalue weighted by molar-refractivity contribution is 0.303. The van der Waals surface area contributed by atoms with Crippen molar-refractivity contribution in [1.82, 2.24) is 0 Å². The molecule has 0 aliphatic heterocycles. The van der Waals surface area contributed by atoms with Gasteiger partial charge in [0.25, 0.3) is 0 Å². The largest absolute Gasteiger partial charge is 0.489 e. The third kappa shape index (κ3) is 3.41. The van der Waals surface area contributed by atoms with Crippen molar-refractivity contribution in [2.45, 2.75) is 47.1 Å². The first kappa shape index (κ1) is 14.6. The van der Waals surface area contributed by atoms with Gasteiger partial charge in [-0.3, -0.25) is 0 Å². The van der Waals surface area contributed by atoms with Crippen LogP contribution in [0.3, 0.4) is 0 Å². The van der Waals surface area contributed by atoms with E-state index in [0.29, 0.717) is 12.5 Å². The molecule has 0 spiro atoms. The minimum atomic E-state index is 0.527. The van der Waals surface area contributed by atoms with Gasteiger partial charge in [-0.05, 0) is 55.0 Å². The van der Waals surface area contributed by atoms with Gasteiger partial charge in [-0.15, -0.1) is 0 Å². The van der Waals surface area contributed by atoms with Gasteiger partial charge in [0.15, 0.2) is 0 Å². The molecule has 0 aliphatic carbocycles. The Labute approximate surface area is 122 Å². The highest BCUT2D eigenvalue weighted by Crippen LogP contribution is 2.25. The van der Waals surface area contributed by atoms with Crippen LogP contribution < -0.4 is 4.74 Å². The molecule has 0 amide bonds. The summed E-state index contributed by atoms with van der Waals surface area (Å²) in [5.41, 5.74) is 6.35. The van der Waals surface area contributed by atoms with E-state index in [4.69, 9.17) is 4.74 Å². The van der Waals surface area contributed by atoms with Crippen LogP contribution in [0.5, 0.6) is 5.75 Å². The predicted molar refractivity (Wildman–Crippen MR) is 85.5 cm³/mol. The summed E-state index contributed by atoms with van der Waals surface area (Å²) < 4.78 is 6.05. The molecule has 2 rings (SSSR count). The molecule has 0 N–H and O–H groups in total. The van der Waals surface area contributed by atoms with E-state index in [1.54, 1.807) is 0 Å². The van der Waals surface area contributed by atoms with E-state index >= 15 is 0 Å². The van der Waals surface area contributed by atoms with Crippen LogP contribution in [-0.2, 0) is 6.61 Å². The molecule has 106 valence electrons. The summed E-state index contributed by atoms with van der Waals surface area (Å²) in [5, 5.41) is 0. The van der Waals surface area contributed by atoms with Gasteiger partial charge in [0.2, 0.25) is 0 Å². The van der Waals surface area contributed by atoms with Crippen molar-refractivity contribution >= 4 is 0 Å². The van der Waals surface area contributed by atoms with E-state index < -0.39 is 0 Å². The van der Waals surface area contributed by atoms with Crippen LogP contribution in [0.2, 0.25) is 0 Å². The minimum Gasteiger partial charge on any atom is -0.489 e. The normalized spacial score (nSPS) is 10.9. The molecule has 2 aromatic rings. The maximum absolute atomic E-state index is 6.05. The topological polar surface area (TPSA) is 9.23 Å². The molecule has 0 heterocycles. The first-order chi connectivity index (χ1) is 9.47. The Morgan fingerprint density at radius 2 is 1.60 bits per heavy atom. The van der Waals surface area contributed by atoms with E-state index in [2.05, 4.69) is 71.0 Å². The molecule has 0 aromatic heterocycles. The molecule has 0 saturated carbocycles. The molecule has 0 saturated heterocycles. The van der Waals surface area contributed by atoms with Crippen molar-refractivity contribution in [2.24, 2.45) is 0 Å². The molecular weight excluding hydrogens is 244 g/mol. The van der Waals surface area contributed by atoms with Crippen LogP contribution in [-0.4, -0.2) is 0 Å². The summed E-state index contributed by atoms with van der Waals surface area (Å²) in [6.45, 7) is 11.4. The van der Waals surface area contributed by atoms with E-state index in [-0.39, 0.29) is 0 Å². The zero-order valence-corrected chi connectivity index (χ0v) is 13.2. The number of rotatable bonds is 4. The maximum atomic E-state index is 6.05. The van der Waals surface area contributed by atoms with Crippen molar-refractivity contribution in [3.05, 3.63) is 64.2 Å². The Balaban J connectivity index is 2.18. The van der Waals surface area contributed by atoms with E-state index in [1.807, 2.05) is 0 Å². The highest BCUT2D eigenvalue weighted by molar-refractivity contribution is 5.38. The molecule has 1 nitrogen and oxygen atoms in total. The average molecular weight is 268 g/mol. The van der Waals surface area contributed by atoms with Crippen LogP contribution in [0.4, 0.5) is 0 Å². The SMILES string of the molecule is Cc1ccc(C)c(COc2cc(C(C)C)ccc2C)c1. The fourth-order valence-corrected chi connectivity index (χ4v) is 2.24. The number of hydrogen-bond acceptors (Lipinski definition) is 1. The van der Waals surface area contributed by atoms with Crippen molar-refractivity contribution in [1.29, 1.82) is 0 Å². The monoisotopic (exact) mass is 268 g/mol. The van der Waals surface area contributed by atoms with Crippen LogP contribution in [0.1, 0.15) is 47.6 Å². The van der Waals surface area contributed by atoms with E-state index in [1.165, 1.54) is 27.8 Å². The number of benzene rings is 2. The zero-order chi connectivity index (χ0) is 14.7. The van der Waals surface area contributed by atoms with Crippen LogP contribution in [0, 0.1) is 20.8 Å². The summed E-state index contributed by atoms with van der Waals surface area (Å²) in [6.07, 6.45) is 0. The van der Waals surface area contributed by atoms with Gasteiger partial charge < -0.3 is 4.74 Å². The summed E-state index contributed by atoms with van der Waals surface area (Å²) in [7, 11) is 0. The molecule has 0 radical (unpaired) electrons. The summed E-state index contributed by atoms with van der Waals surface area (Å²) >= 11 is 0. The van der Waals surface area contributed by atoms with Gasteiger partial charge in [0, 0.05) is 0 Å². The Morgan fingerprint density at radius 1 is 0.900 bits per heavy atom. The lowest BCUT2D eigenvalue weighted by Crippen LogP contribution is -2.00. The van der Waals surface area contributed by atoms with Gasteiger partial charge in [-0.1, -0.05) is 49.7 Å². The molecule has 0 fully saturated rings. The van der Waals surface area contributed by atoms with Crippen molar-refractivity contribution < 1.29 is 4.74 Å². The standard InChI is InChI=1S/C19H24O/c1-13(2)17-9-8-16(5)19(11-17)20-12-18-10-14(3)6-7-15(18)4/h6-11,13H,12H2,1-5H3. The fourth-order valence-electron chi connectivity index (χ4n) is 2.24. The van der Waals surface area contributed by atoms with Gasteiger partial charge in [-0.2, -0.15) is 0 Å². The quantitative estimate of drug-likeness (QED) is 0.729. The summed E-state index contributed by atoms with van der Waals surface area (Å²) in [4.78, 5) is 0. The predicted octanol–water partition coefficient (Wildman–Crippen LogP) is 5.31. The third-order valence-electron chi connectivity index (χ3n) is 3.77. The van der Waals surface area contributed by atoms with Gasteiger partial charge in [0.1, 0.15) is 12.4 Å². The maximum Gasteiger partial charge on any atom is 0.123 e. The molecule has 0 unspecified atom stereocenters. The summed E-state index contributed by atoms with van der Waals surface area (Å²) in [5.74, 6) is 1.52. The second-order valence-corrected chi connectivity index (χ2v) is 5.90. The van der Waals surface area contributed by atoms with Crippen LogP contribution in [0.15, 0.2) is 36.4 Å². The number of hydrogen-bond donors (Lipinski definition) is 0. The van der Waals surface area contributed by atoms with Gasteiger partial charge in [0.05, 0.1) is 0 Å². The first-order valence-electron chi connectivity index (χ1n) is 7.27. The molecule has 2 aromatic carbocycles. The Morgan fingerprint density at radius 3 is 2.30 bits per heavy atom. The first-order valence-corrected chi connectivity index (χ1v) is 7.27. The Bertz CT molecular complexity index is 597. The molecule has 0 aliphatic rings. The molecule has 0 atom stereocenters. The Hall–Kier alpha value is -1.76. The van der Waals surface area contributed by atoms with Gasteiger partial charge in [-0.25, -0.2) is 0 Å². The van der Waals surface area contributed by atoms with Crippen LogP contribution in [0.25, 0.3) is 0 Å². The lowest BCUT2D eigenvalue weighted by Gasteiger charge is -2.14. The van der Waals surface area contributed by atoms with Crippen molar-refractivity contribution in [3.63, 3.8) is 0 Å². The minimum absolute atomic E-state index is 0.527. The van der Waals surface area contributed by atoms with Crippen molar-refractivity contribution in [2.75, 3.05) is 0 Å². The van der Waals surface area contributed by atoms with E-state index in [9.17, 15) is 0 Å². The second-order valence-electron chi connectivity index (χ2n) is 5.90.